The molecule has 0 aliphatic carbocycles. The van der Waals surface area contributed by atoms with E-state index in [1.165, 1.54) is 30.7 Å². The molecule has 4 heteroatoms. The van der Waals surface area contributed by atoms with E-state index in [0.717, 1.165) is 10.9 Å². The zero-order chi connectivity index (χ0) is 15.2. The van der Waals surface area contributed by atoms with Gasteiger partial charge in [0.15, 0.2) is 0 Å². The van der Waals surface area contributed by atoms with Gasteiger partial charge in [-0.15, -0.1) is 35.0 Å². The summed E-state index contributed by atoms with van der Waals surface area (Å²) in [5, 5.41) is 11.9. The summed E-state index contributed by atoms with van der Waals surface area (Å²) in [6.45, 7) is 3.00. The summed E-state index contributed by atoms with van der Waals surface area (Å²) in [6, 6.07) is 17.5. The van der Waals surface area contributed by atoms with Crippen molar-refractivity contribution in [3.8, 4) is 0 Å². The molecule has 0 fully saturated rings. The van der Waals surface area contributed by atoms with Crippen molar-refractivity contribution in [1.29, 1.82) is 0 Å². The van der Waals surface area contributed by atoms with E-state index >= 15 is 0 Å². The van der Waals surface area contributed by atoms with Crippen LogP contribution in [0.4, 0.5) is 0 Å². The molecule has 0 atom stereocenters. The Kier molecular flexibility index (Phi) is 6.90. The number of hydrogen-bond donors (Lipinski definition) is 1. The third-order valence-electron chi connectivity index (χ3n) is 2.82. The van der Waals surface area contributed by atoms with E-state index in [1.54, 1.807) is 0 Å². The molecule has 0 amide bonds. The predicted octanol–water partition coefficient (Wildman–Crippen LogP) is 4.20. The van der Waals surface area contributed by atoms with Gasteiger partial charge in [0.1, 0.15) is 0 Å². The van der Waals surface area contributed by atoms with Crippen LogP contribution in [0, 0.1) is 6.07 Å². The summed E-state index contributed by atoms with van der Waals surface area (Å²) in [6.07, 6.45) is 3.10. The molecule has 3 rings (SSSR count). The van der Waals surface area contributed by atoms with Crippen LogP contribution in [-0.4, -0.2) is 20.7 Å². The number of hydrogen-bond acceptors (Lipinski definition) is 2. The molecular weight excluding hydrogens is 454 g/mol. The first-order chi connectivity index (χ1) is 10.1. The molecule has 0 saturated carbocycles. The monoisotopic (exact) mass is 472 g/mol. The average molecular weight is 472 g/mol. The number of aliphatic hydroxyl groups is 1. The molecule has 0 aliphatic heterocycles. The number of aliphatic hydroxyl groups excluding tert-OH is 1. The van der Waals surface area contributed by atoms with E-state index in [0.29, 0.717) is 0 Å². The molecule has 0 spiro atoms. The molecule has 2 N–H and O–H groups in total. The molecule has 3 aromatic rings. The van der Waals surface area contributed by atoms with E-state index < -0.39 is 0 Å². The minimum Gasteiger partial charge on any atom is -0.512 e. The average Bonchev–Trinajstić information content (AvgIpc) is 2.46. The number of pyridine rings is 1. The smallest absolute Gasteiger partial charge is 0.316 e. The number of benzene rings is 2. The first-order valence-electron chi connectivity index (χ1n) is 6.62. The molecule has 0 bridgehead atoms. The fourth-order valence-corrected chi connectivity index (χ4v) is 2.04. The Morgan fingerprint density at radius 2 is 1.82 bits per heavy atom. The Labute approximate surface area is 143 Å². The van der Waals surface area contributed by atoms with Crippen molar-refractivity contribution in [2.75, 3.05) is 0 Å². The second kappa shape index (κ2) is 8.42. The minimum atomic E-state index is 0. The van der Waals surface area contributed by atoms with Crippen LogP contribution in [0.3, 0.4) is 0 Å². The summed E-state index contributed by atoms with van der Waals surface area (Å²) in [7, 11) is 0. The van der Waals surface area contributed by atoms with Crippen molar-refractivity contribution in [2.45, 2.75) is 13.8 Å². The summed E-state index contributed by atoms with van der Waals surface area (Å²) < 4.78 is 0. The van der Waals surface area contributed by atoms with Crippen molar-refractivity contribution >= 4 is 27.5 Å². The Hall–Kier alpha value is -2.03. The molecule has 1 heterocycles. The number of aromatic nitrogens is 1. The maximum atomic E-state index is 8.40. The summed E-state index contributed by atoms with van der Waals surface area (Å²) in [5.74, 6) is 0.250. The van der Waals surface area contributed by atoms with Gasteiger partial charge in [0.2, 0.25) is 0 Å². The van der Waals surface area contributed by atoms with Crippen LogP contribution in [0.25, 0.3) is 21.7 Å². The molecule has 0 saturated heterocycles. The van der Waals surface area contributed by atoms with Crippen LogP contribution in [0.5, 0.6) is 0 Å². The normalized spacial score (nSPS) is 10.5. The van der Waals surface area contributed by atoms with Gasteiger partial charge in [-0.05, 0) is 23.9 Å². The molecule has 2 aromatic carbocycles. The molecule has 1 radical (unpaired) electrons. The fraction of sp³-hybridized carbons (Fsp3) is 0.111. The van der Waals surface area contributed by atoms with Gasteiger partial charge in [0, 0.05) is 26.3 Å². The number of carbonyl (C=O) groups excluding carboxylic acids is 1. The van der Waals surface area contributed by atoms with Crippen molar-refractivity contribution in [3.05, 3.63) is 66.6 Å². The first-order valence-corrected chi connectivity index (χ1v) is 6.62. The predicted molar refractivity (Wildman–Crippen MR) is 87.1 cm³/mol. The van der Waals surface area contributed by atoms with Crippen LogP contribution < -0.4 is 0 Å². The Bertz CT molecular complexity index is 753. The zero-order valence-electron chi connectivity index (χ0n) is 12.4. The van der Waals surface area contributed by atoms with Crippen LogP contribution in [0.2, 0.25) is 0 Å². The Morgan fingerprint density at radius 3 is 2.45 bits per heavy atom. The van der Waals surface area contributed by atoms with E-state index in [4.69, 9.17) is 9.90 Å². The maximum Gasteiger partial charge on any atom is 0.316 e. The SMILES string of the molecule is CC(=[OH+])/C=C(/C)O.[Ir].[c-]1cccc2ccc3cccnc3c12. The number of rotatable bonds is 1. The molecule has 1 aromatic heterocycles. The molecular formula is C18H17IrNO2. The van der Waals surface area contributed by atoms with Gasteiger partial charge in [-0.25, -0.2) is 0 Å². The zero-order valence-corrected chi connectivity index (χ0v) is 14.8. The second-order valence-corrected chi connectivity index (χ2v) is 4.70. The maximum absolute atomic E-state index is 8.40. The van der Waals surface area contributed by atoms with E-state index in [9.17, 15) is 0 Å². The number of fused-ring (bicyclic) bond motifs is 3. The van der Waals surface area contributed by atoms with Gasteiger partial charge >= 0.3 is 5.78 Å². The van der Waals surface area contributed by atoms with Crippen LogP contribution in [0.1, 0.15) is 13.8 Å². The van der Waals surface area contributed by atoms with Crippen molar-refractivity contribution in [2.24, 2.45) is 0 Å². The van der Waals surface area contributed by atoms with Crippen molar-refractivity contribution in [1.82, 2.24) is 4.98 Å². The number of ketones is 1. The molecule has 115 valence electrons. The minimum absolute atomic E-state index is 0. The summed E-state index contributed by atoms with van der Waals surface area (Å²) >= 11 is 0. The van der Waals surface area contributed by atoms with Crippen molar-refractivity contribution < 1.29 is 30.0 Å². The molecule has 0 unspecified atom stereocenters. The van der Waals surface area contributed by atoms with Gasteiger partial charge in [0.05, 0.1) is 18.8 Å². The largest absolute Gasteiger partial charge is 0.512 e. The summed E-state index contributed by atoms with van der Waals surface area (Å²) in [4.78, 5) is 12.8. The van der Waals surface area contributed by atoms with Gasteiger partial charge in [-0.3, -0.25) is 4.79 Å². The number of allylic oxidation sites excluding steroid dienone is 2. The van der Waals surface area contributed by atoms with E-state index in [2.05, 4.69) is 35.3 Å². The molecule has 22 heavy (non-hydrogen) atoms. The first kappa shape index (κ1) is 18.0. The number of nitrogens with zero attached hydrogens (tertiary/aromatic N) is 1. The molecule has 0 aliphatic rings. The van der Waals surface area contributed by atoms with Crippen LogP contribution in [-0.2, 0) is 20.1 Å². The molecule has 3 nitrogen and oxygen atoms in total. The van der Waals surface area contributed by atoms with Gasteiger partial charge in [0.25, 0.3) is 0 Å². The van der Waals surface area contributed by atoms with Crippen molar-refractivity contribution in [3.63, 3.8) is 0 Å². The quantitative estimate of drug-likeness (QED) is 0.190. The fourth-order valence-electron chi connectivity index (χ4n) is 2.04. The van der Waals surface area contributed by atoms with Crippen LogP contribution in [0.15, 0.2) is 60.5 Å². The van der Waals surface area contributed by atoms with E-state index in [-0.39, 0.29) is 31.6 Å². The Morgan fingerprint density at radius 1 is 1.14 bits per heavy atom. The standard InChI is InChI=1S/C13H8N.C5H8O2.Ir/c1-2-6-12-10(4-1)7-8-11-5-3-9-14-13(11)12;1-4(6)3-5(2)7;/h1-5,7-9H;3,6H,1-2H3;/q-1;;/p+1/b;4-3-;. The summed E-state index contributed by atoms with van der Waals surface area (Å²) in [5.41, 5.74) is 1.03. The second-order valence-electron chi connectivity index (χ2n) is 4.70. The topological polar surface area (TPSA) is 54.5 Å². The van der Waals surface area contributed by atoms with Crippen LogP contribution >= 0.6 is 0 Å². The van der Waals surface area contributed by atoms with Gasteiger partial charge in [-0.2, -0.15) is 0 Å². The Balaban J connectivity index is 0.000000264. The van der Waals surface area contributed by atoms with E-state index in [1.807, 2.05) is 24.4 Å². The third kappa shape index (κ3) is 4.76. The van der Waals surface area contributed by atoms with Gasteiger partial charge < -0.3 is 10.1 Å². The third-order valence-corrected chi connectivity index (χ3v) is 2.82. The van der Waals surface area contributed by atoms with Gasteiger partial charge in [-0.1, -0.05) is 18.2 Å².